The zero-order chi connectivity index (χ0) is 77.3. The Balaban J connectivity index is 0.000000381. The molecule has 0 aliphatic heterocycles. The van der Waals surface area contributed by atoms with Crippen molar-refractivity contribution in [2.45, 2.75) is 291 Å². The number of carbonyl (C=O) groups excluding carboxylic acids is 6. The van der Waals surface area contributed by atoms with Gasteiger partial charge in [-0.15, -0.1) is 0 Å². The lowest BCUT2D eigenvalue weighted by atomic mass is 9.63. The van der Waals surface area contributed by atoms with Crippen molar-refractivity contribution in [3.8, 4) is 22.3 Å². The number of hydrogen-bond donors (Lipinski definition) is 6. The molecule has 2 aliphatic rings. The lowest BCUT2D eigenvalue weighted by molar-refractivity contribution is -0.158. The number of rotatable bonds is 54. The first kappa shape index (κ1) is 89.2. The van der Waals surface area contributed by atoms with Crippen LogP contribution in [0.4, 0.5) is 0 Å². The molecule has 0 spiro atoms. The van der Waals surface area contributed by atoms with E-state index in [0.29, 0.717) is 25.4 Å². The molecule has 5 unspecified atom stereocenters. The summed E-state index contributed by atoms with van der Waals surface area (Å²) in [4.78, 5) is 101. The third-order valence-corrected chi connectivity index (χ3v) is 21.4. The molecule has 2 amide bonds. The lowest BCUT2D eigenvalue weighted by Gasteiger charge is -2.41. The zero-order valence-electron chi connectivity index (χ0n) is 65.5. The number of carboxylic acids is 2. The molecule has 4 aromatic rings. The first-order valence-corrected chi connectivity index (χ1v) is 40.3. The van der Waals surface area contributed by atoms with Crippen LogP contribution in [-0.4, -0.2) is 120 Å². The number of aliphatic hydroxyl groups excluding tert-OH is 2. The Kier molecular flexibility index (Phi) is 40.4. The number of aliphatic carboxylic acids is 2. The highest BCUT2D eigenvalue weighted by atomic mass is 16.5. The van der Waals surface area contributed by atoms with E-state index in [1.54, 1.807) is 27.7 Å². The molecule has 4 aromatic carbocycles. The molecule has 588 valence electrons. The Bertz CT molecular complexity index is 3230. The van der Waals surface area contributed by atoms with Gasteiger partial charge >= 0.3 is 35.8 Å². The van der Waals surface area contributed by atoms with Crippen LogP contribution in [0.1, 0.15) is 301 Å². The van der Waals surface area contributed by atoms with E-state index in [-0.39, 0.29) is 102 Å². The number of ether oxygens (including phenoxy) is 4. The number of hydrogen-bond acceptors (Lipinski definition) is 14. The van der Waals surface area contributed by atoms with Crippen LogP contribution in [0.25, 0.3) is 22.3 Å². The first-order chi connectivity index (χ1) is 50.9. The van der Waals surface area contributed by atoms with Gasteiger partial charge in [-0.3, -0.25) is 38.4 Å². The topological polar surface area (TPSA) is 278 Å². The third kappa shape index (κ3) is 30.3. The maximum Gasteiger partial charge on any atom is 0.309 e. The predicted molar refractivity (Wildman–Crippen MR) is 417 cm³/mol. The molecule has 18 nitrogen and oxygen atoms in total. The number of carbonyl (C=O) groups is 8. The highest BCUT2D eigenvalue weighted by molar-refractivity contribution is 5.84. The monoisotopic (exact) mass is 1470 g/mol. The molecule has 6 N–H and O–H groups in total. The fraction of sp³-hybridized carbons (Fsp3) is 0.636. The van der Waals surface area contributed by atoms with E-state index in [2.05, 4.69) is 74.7 Å². The van der Waals surface area contributed by atoms with Crippen LogP contribution in [0.2, 0.25) is 0 Å². The normalized spacial score (nSPS) is 14.1. The van der Waals surface area contributed by atoms with Crippen LogP contribution >= 0.6 is 0 Å². The van der Waals surface area contributed by atoms with E-state index >= 15 is 0 Å². The molecular weight excluding hydrogens is 1340 g/mol. The largest absolute Gasteiger partial charge is 0.481 e. The molecule has 0 bridgehead atoms. The Morgan fingerprint density at radius 1 is 0.406 bits per heavy atom. The number of nitrogens with one attached hydrogen (secondary N) is 2. The maximum absolute atomic E-state index is 13.3. The van der Waals surface area contributed by atoms with Gasteiger partial charge in [0.2, 0.25) is 11.8 Å². The van der Waals surface area contributed by atoms with Crippen LogP contribution in [0.15, 0.2) is 97.1 Å². The Morgan fingerprint density at radius 2 is 0.745 bits per heavy atom. The molecule has 0 heterocycles. The molecule has 18 heteroatoms. The highest BCUT2D eigenvalue weighted by Crippen LogP contribution is 2.48. The van der Waals surface area contributed by atoms with E-state index in [9.17, 15) is 58.8 Å². The minimum atomic E-state index is -1.57. The lowest BCUT2D eigenvalue weighted by Crippen LogP contribution is -2.48. The van der Waals surface area contributed by atoms with Crippen LogP contribution < -0.4 is 10.6 Å². The molecule has 2 aliphatic carbocycles. The molecule has 6 rings (SSSR count). The predicted octanol–water partition coefficient (Wildman–Crippen LogP) is 18.1. The molecule has 0 fully saturated rings. The zero-order valence-corrected chi connectivity index (χ0v) is 65.5. The van der Waals surface area contributed by atoms with Gasteiger partial charge in [0.25, 0.3) is 0 Å². The quantitative estimate of drug-likeness (QED) is 0.0136. The number of amides is 2. The standard InChI is InChI=1S/2C44H65NO8/c1-5-7-9-11-12-14-21-33(20-13-10-8-6-2)30-51-39(46)26-19-27-40(47)53-32-44(3,4)42(49)43(50)45-29-28-41(48)52-31-38-36-24-17-15-22-34(36)35-23-16-18-25-37(35)38;1-5-7-9-11-12-14-20-32(19-13-10-8-6-2)29-44(42(51)52,27-25-38(46)47)31-43(3,4)40(49)41(50)45-28-26-39(48)53-30-37-35-23-17-15-21-33(35)34-22-16-18-24-36(34)37/h15-18,22-25,33,38,42,49H,5-14,19-21,26-32H2,1-4H3,(H,45,50);15-18,21-24,32,37,40,49H,5-14,19-20,25-31H2,1-4H3,(H,45,50)(H,46,47)(H,51,52). The number of aliphatic hydroxyl groups is 2. The third-order valence-electron chi connectivity index (χ3n) is 21.4. The highest BCUT2D eigenvalue weighted by Gasteiger charge is 2.48. The van der Waals surface area contributed by atoms with Crippen molar-refractivity contribution in [1.82, 2.24) is 10.6 Å². The first-order valence-electron chi connectivity index (χ1n) is 40.3. The van der Waals surface area contributed by atoms with E-state index in [1.807, 2.05) is 60.7 Å². The molecule has 106 heavy (non-hydrogen) atoms. The fourth-order valence-corrected chi connectivity index (χ4v) is 15.1. The van der Waals surface area contributed by atoms with E-state index in [0.717, 1.165) is 122 Å². The van der Waals surface area contributed by atoms with Crippen molar-refractivity contribution in [1.29, 1.82) is 0 Å². The minimum absolute atomic E-state index is 0.00279. The van der Waals surface area contributed by atoms with Crippen molar-refractivity contribution < 1.29 is 77.7 Å². The maximum atomic E-state index is 13.3. The van der Waals surface area contributed by atoms with Gasteiger partial charge in [-0.1, -0.05) is 294 Å². The summed E-state index contributed by atoms with van der Waals surface area (Å²) in [6, 6.07) is 32.3. The van der Waals surface area contributed by atoms with Gasteiger partial charge in [-0.2, -0.15) is 0 Å². The number of benzene rings is 4. The van der Waals surface area contributed by atoms with Crippen molar-refractivity contribution in [3.63, 3.8) is 0 Å². The summed E-state index contributed by atoms with van der Waals surface area (Å²) >= 11 is 0. The van der Waals surface area contributed by atoms with Crippen LogP contribution in [-0.2, 0) is 57.3 Å². The summed E-state index contributed by atoms with van der Waals surface area (Å²) in [5.41, 5.74) is 5.28. The second kappa shape index (κ2) is 48.1. The average Bonchev–Trinajstić information content (AvgIpc) is 1.62. The van der Waals surface area contributed by atoms with Gasteiger partial charge in [-0.25, -0.2) is 0 Å². The fourth-order valence-electron chi connectivity index (χ4n) is 15.1. The second-order valence-corrected chi connectivity index (χ2v) is 31.3. The molecule has 0 radical (unpaired) electrons. The summed E-state index contributed by atoms with van der Waals surface area (Å²) in [5.74, 6) is -4.93. The second-order valence-electron chi connectivity index (χ2n) is 31.3. The molecular formula is C88H130N2O16. The Labute approximate surface area is 633 Å². The van der Waals surface area contributed by atoms with Gasteiger partial charge in [0.05, 0.1) is 31.5 Å². The van der Waals surface area contributed by atoms with Crippen molar-refractivity contribution >= 4 is 47.6 Å². The minimum Gasteiger partial charge on any atom is -0.481 e. The van der Waals surface area contributed by atoms with Crippen LogP contribution in [0, 0.1) is 28.1 Å². The summed E-state index contributed by atoms with van der Waals surface area (Å²) in [6.07, 6.45) is 24.3. The van der Waals surface area contributed by atoms with Gasteiger partial charge in [0.15, 0.2) is 0 Å². The van der Waals surface area contributed by atoms with Gasteiger partial charge in [0.1, 0.15) is 25.4 Å². The van der Waals surface area contributed by atoms with Gasteiger partial charge in [-0.05, 0) is 94.9 Å². The van der Waals surface area contributed by atoms with E-state index in [4.69, 9.17) is 18.9 Å². The van der Waals surface area contributed by atoms with Crippen molar-refractivity contribution in [3.05, 3.63) is 119 Å². The molecule has 0 saturated heterocycles. The summed E-state index contributed by atoms with van der Waals surface area (Å²) in [7, 11) is 0. The van der Waals surface area contributed by atoms with E-state index in [1.165, 1.54) is 77.0 Å². The smallest absolute Gasteiger partial charge is 0.309 e. The summed E-state index contributed by atoms with van der Waals surface area (Å²) in [6.45, 7) is 15.9. The molecule has 0 aromatic heterocycles. The number of unbranched alkanes of at least 4 members (excludes halogenated alkanes) is 16. The van der Waals surface area contributed by atoms with Crippen molar-refractivity contribution in [2.75, 3.05) is 39.5 Å². The van der Waals surface area contributed by atoms with Crippen molar-refractivity contribution in [2.24, 2.45) is 28.1 Å². The average molecular weight is 1470 g/mol. The molecule has 0 saturated carbocycles. The SMILES string of the molecule is CCCCCCCCC(CCCCCC)CC(CCC(=O)O)(CC(C)(C)C(O)C(=O)NCCC(=O)OCC1c2ccccc2-c2ccccc21)C(=O)O.CCCCCCCCC(CCCCCC)COC(=O)CCCC(=O)OCC(C)(C)C(O)C(=O)NCCC(=O)OCC1c2ccccc2-c2ccccc21. The Morgan fingerprint density at radius 3 is 1.13 bits per heavy atom. The Hall–Kier alpha value is -7.44. The molecule has 5 atom stereocenters. The number of fused-ring (bicyclic) bond motifs is 6. The van der Waals surface area contributed by atoms with Gasteiger partial charge < -0.3 is 50.0 Å². The van der Waals surface area contributed by atoms with Gasteiger partial charge in [0, 0.05) is 55.0 Å². The summed E-state index contributed by atoms with van der Waals surface area (Å²) in [5, 5.41) is 47.6. The summed E-state index contributed by atoms with van der Waals surface area (Å²) < 4.78 is 22.2. The van der Waals surface area contributed by atoms with Crippen LogP contribution in [0.5, 0.6) is 0 Å². The number of carboxylic acid groups (broad SMARTS) is 2. The van der Waals surface area contributed by atoms with E-state index < -0.39 is 70.1 Å². The van der Waals surface area contributed by atoms with Crippen LogP contribution in [0.3, 0.4) is 0 Å². The number of esters is 4.